The lowest BCUT2D eigenvalue weighted by molar-refractivity contribution is 0.0963. The zero-order valence-electron chi connectivity index (χ0n) is 16.2. The Morgan fingerprint density at radius 1 is 1.04 bits per heavy atom. The van der Waals surface area contributed by atoms with Gasteiger partial charge in [-0.1, -0.05) is 51.7 Å². The molecule has 1 amide bonds. The first-order valence-electron chi connectivity index (χ1n) is 9.32. The van der Waals surface area contributed by atoms with E-state index in [1.54, 1.807) is 14.1 Å². The van der Waals surface area contributed by atoms with Crippen molar-refractivity contribution in [3.8, 4) is 0 Å². The van der Waals surface area contributed by atoms with Crippen LogP contribution in [0.2, 0.25) is 0 Å². The van der Waals surface area contributed by atoms with Gasteiger partial charge >= 0.3 is 0 Å². The number of amides is 1. The summed E-state index contributed by atoms with van der Waals surface area (Å²) >= 11 is 0. The van der Waals surface area contributed by atoms with E-state index in [1.165, 1.54) is 32.1 Å². The van der Waals surface area contributed by atoms with Crippen LogP contribution < -0.4 is 16.0 Å². The molecule has 0 unspecified atom stereocenters. The maximum absolute atomic E-state index is 11.5. The summed E-state index contributed by atoms with van der Waals surface area (Å²) in [5.41, 5.74) is 1.79. The average molecular weight is 347 g/mol. The van der Waals surface area contributed by atoms with Crippen molar-refractivity contribution in [2.45, 2.75) is 52.5 Å². The van der Waals surface area contributed by atoms with E-state index in [2.05, 4.69) is 34.8 Å². The van der Waals surface area contributed by atoms with Gasteiger partial charge in [-0.2, -0.15) is 0 Å². The number of benzene rings is 1. The summed E-state index contributed by atoms with van der Waals surface area (Å²) in [6.07, 6.45) is 6.40. The van der Waals surface area contributed by atoms with Crippen LogP contribution in [0.3, 0.4) is 0 Å². The van der Waals surface area contributed by atoms with Gasteiger partial charge in [0, 0.05) is 32.7 Å². The number of carbonyl (C=O) groups is 1. The van der Waals surface area contributed by atoms with Crippen LogP contribution in [-0.2, 0) is 6.54 Å². The molecule has 0 saturated carbocycles. The number of carbonyl (C=O) groups excluding carboxylic acids is 1. The normalized spacial score (nSPS) is 11.5. The highest BCUT2D eigenvalue weighted by Crippen LogP contribution is 2.09. The van der Waals surface area contributed by atoms with Gasteiger partial charge in [0.15, 0.2) is 5.96 Å². The van der Waals surface area contributed by atoms with Crippen LogP contribution in [0.1, 0.15) is 61.9 Å². The number of guanidine groups is 1. The van der Waals surface area contributed by atoms with Crippen LogP contribution in [-0.4, -0.2) is 32.5 Å². The fourth-order valence-electron chi connectivity index (χ4n) is 2.56. The monoisotopic (exact) mass is 346 g/mol. The van der Waals surface area contributed by atoms with Crippen molar-refractivity contribution in [3.63, 3.8) is 0 Å². The zero-order valence-corrected chi connectivity index (χ0v) is 16.2. The third-order valence-corrected chi connectivity index (χ3v) is 4.13. The van der Waals surface area contributed by atoms with E-state index in [0.717, 1.165) is 24.0 Å². The van der Waals surface area contributed by atoms with Gasteiger partial charge in [0.1, 0.15) is 0 Å². The molecule has 0 spiro atoms. The Hall–Kier alpha value is -2.04. The van der Waals surface area contributed by atoms with Crippen LogP contribution in [0, 0.1) is 5.92 Å². The third-order valence-electron chi connectivity index (χ3n) is 4.13. The van der Waals surface area contributed by atoms with Crippen molar-refractivity contribution in [3.05, 3.63) is 35.4 Å². The van der Waals surface area contributed by atoms with E-state index in [9.17, 15) is 4.79 Å². The molecule has 0 aliphatic rings. The average Bonchev–Trinajstić information content (AvgIpc) is 2.62. The van der Waals surface area contributed by atoms with Crippen LogP contribution in [0.15, 0.2) is 29.3 Å². The standard InChI is InChI=1S/C20H34N4O/c1-16(2)9-7-5-6-8-14-23-20(22-4)24-15-17-10-12-18(13-11-17)19(25)21-3/h10-13,16H,5-9,14-15H2,1-4H3,(H,21,25)(H2,22,23,24). The number of hydrogen-bond donors (Lipinski definition) is 3. The fraction of sp³-hybridized carbons (Fsp3) is 0.600. The number of nitrogens with zero attached hydrogens (tertiary/aromatic N) is 1. The topological polar surface area (TPSA) is 65.5 Å². The van der Waals surface area contributed by atoms with Crippen molar-refractivity contribution >= 4 is 11.9 Å². The Labute approximate surface area is 152 Å². The molecule has 3 N–H and O–H groups in total. The largest absolute Gasteiger partial charge is 0.356 e. The van der Waals surface area contributed by atoms with Gasteiger partial charge in [-0.25, -0.2) is 0 Å². The minimum atomic E-state index is -0.0645. The first-order chi connectivity index (χ1) is 12.1. The smallest absolute Gasteiger partial charge is 0.251 e. The molecule has 0 fully saturated rings. The molecule has 0 aliphatic heterocycles. The number of nitrogens with one attached hydrogen (secondary N) is 3. The number of hydrogen-bond acceptors (Lipinski definition) is 2. The van der Waals surface area contributed by atoms with E-state index in [0.29, 0.717) is 12.1 Å². The van der Waals surface area contributed by atoms with E-state index in [-0.39, 0.29) is 5.91 Å². The lowest BCUT2D eigenvalue weighted by Gasteiger charge is -2.12. The summed E-state index contributed by atoms with van der Waals surface area (Å²) in [4.78, 5) is 15.8. The first kappa shape index (κ1) is 21.0. The van der Waals surface area contributed by atoms with E-state index < -0.39 is 0 Å². The predicted octanol–water partition coefficient (Wildman–Crippen LogP) is 3.32. The zero-order chi connectivity index (χ0) is 18.5. The minimum Gasteiger partial charge on any atom is -0.356 e. The van der Waals surface area contributed by atoms with Crippen molar-refractivity contribution in [2.24, 2.45) is 10.9 Å². The SMILES string of the molecule is CN=C(NCCCCCCC(C)C)NCc1ccc(C(=O)NC)cc1. The van der Waals surface area contributed by atoms with Crippen molar-refractivity contribution in [1.82, 2.24) is 16.0 Å². The summed E-state index contributed by atoms with van der Waals surface area (Å²) in [5, 5.41) is 9.28. The first-order valence-corrected chi connectivity index (χ1v) is 9.32. The van der Waals surface area contributed by atoms with Crippen molar-refractivity contribution in [2.75, 3.05) is 20.6 Å². The molecule has 1 aromatic carbocycles. The minimum absolute atomic E-state index is 0.0645. The van der Waals surface area contributed by atoms with E-state index >= 15 is 0 Å². The van der Waals surface area contributed by atoms with Crippen LogP contribution in [0.4, 0.5) is 0 Å². The third kappa shape index (κ3) is 9.13. The lowest BCUT2D eigenvalue weighted by atomic mass is 10.0. The Bertz CT molecular complexity index is 523. The van der Waals surface area contributed by atoms with Gasteiger partial charge in [-0.15, -0.1) is 0 Å². The molecule has 140 valence electrons. The van der Waals surface area contributed by atoms with Gasteiger partial charge in [0.05, 0.1) is 0 Å². The molecule has 5 nitrogen and oxygen atoms in total. The molecule has 0 aliphatic carbocycles. The van der Waals surface area contributed by atoms with Gasteiger partial charge in [0.2, 0.25) is 0 Å². The summed E-state index contributed by atoms with van der Waals surface area (Å²) in [7, 11) is 3.42. The van der Waals surface area contributed by atoms with Crippen molar-refractivity contribution in [1.29, 1.82) is 0 Å². The van der Waals surface area contributed by atoms with Crippen LogP contribution in [0.5, 0.6) is 0 Å². The highest BCUT2D eigenvalue weighted by molar-refractivity contribution is 5.93. The second-order valence-electron chi connectivity index (χ2n) is 6.73. The van der Waals surface area contributed by atoms with Gasteiger partial charge in [-0.05, 0) is 30.0 Å². The molecule has 0 radical (unpaired) electrons. The molecule has 25 heavy (non-hydrogen) atoms. The highest BCUT2D eigenvalue weighted by atomic mass is 16.1. The summed E-state index contributed by atoms with van der Waals surface area (Å²) in [5.74, 6) is 1.56. The molecule has 5 heteroatoms. The number of aliphatic imine (C=N–C) groups is 1. The summed E-state index contributed by atoms with van der Waals surface area (Å²) in [6.45, 7) is 6.19. The molecular formula is C20H34N4O. The van der Waals surface area contributed by atoms with E-state index in [4.69, 9.17) is 0 Å². The predicted molar refractivity (Wildman–Crippen MR) is 106 cm³/mol. The van der Waals surface area contributed by atoms with Crippen LogP contribution in [0.25, 0.3) is 0 Å². The Kier molecular flexibility index (Phi) is 10.4. The highest BCUT2D eigenvalue weighted by Gasteiger charge is 2.03. The quantitative estimate of drug-likeness (QED) is 0.346. The van der Waals surface area contributed by atoms with Gasteiger partial charge < -0.3 is 16.0 Å². The number of rotatable bonds is 10. The maximum atomic E-state index is 11.5. The Balaban J connectivity index is 2.22. The van der Waals surface area contributed by atoms with Crippen LogP contribution >= 0.6 is 0 Å². The Morgan fingerprint density at radius 3 is 2.32 bits per heavy atom. The molecule has 1 rings (SSSR count). The molecule has 0 atom stereocenters. The molecule has 0 aromatic heterocycles. The number of unbranched alkanes of at least 4 members (excludes halogenated alkanes) is 3. The second-order valence-corrected chi connectivity index (χ2v) is 6.73. The van der Waals surface area contributed by atoms with Gasteiger partial charge in [-0.3, -0.25) is 9.79 Å². The molecule has 0 bridgehead atoms. The molecule has 0 heterocycles. The van der Waals surface area contributed by atoms with Gasteiger partial charge in [0.25, 0.3) is 5.91 Å². The second kappa shape index (κ2) is 12.3. The summed E-state index contributed by atoms with van der Waals surface area (Å²) in [6, 6.07) is 7.59. The van der Waals surface area contributed by atoms with E-state index in [1.807, 2.05) is 24.3 Å². The molecule has 1 aromatic rings. The summed E-state index contributed by atoms with van der Waals surface area (Å²) < 4.78 is 0. The fourth-order valence-corrected chi connectivity index (χ4v) is 2.56. The lowest BCUT2D eigenvalue weighted by Crippen LogP contribution is -2.37. The molecule has 0 saturated heterocycles. The van der Waals surface area contributed by atoms with Crippen molar-refractivity contribution < 1.29 is 4.79 Å². The molecular weight excluding hydrogens is 312 g/mol. The maximum Gasteiger partial charge on any atom is 0.251 e. The Morgan fingerprint density at radius 2 is 1.72 bits per heavy atom.